The van der Waals surface area contributed by atoms with Crippen LogP contribution >= 0.6 is 0 Å². The number of rotatable bonds is 2. The molecule has 0 saturated heterocycles. The predicted octanol–water partition coefficient (Wildman–Crippen LogP) is 3.82. The SMILES string of the molecule is CC/C=C1\Cc2c(c(C)c(C)c3oc(C(=O)O)cc23)C1=O. The largest absolute Gasteiger partial charge is 0.475 e. The minimum atomic E-state index is -1.09. The highest BCUT2D eigenvalue weighted by Gasteiger charge is 2.31. The third-order valence-corrected chi connectivity index (χ3v) is 4.18. The van der Waals surface area contributed by atoms with Gasteiger partial charge in [-0.1, -0.05) is 13.0 Å². The predicted molar refractivity (Wildman–Crippen MR) is 79.1 cm³/mol. The van der Waals surface area contributed by atoms with Crippen molar-refractivity contribution in [3.63, 3.8) is 0 Å². The summed E-state index contributed by atoms with van der Waals surface area (Å²) in [5.41, 5.74) is 4.71. The van der Waals surface area contributed by atoms with Crippen LogP contribution in [-0.2, 0) is 6.42 Å². The molecule has 1 aliphatic rings. The van der Waals surface area contributed by atoms with E-state index in [0.717, 1.165) is 39.6 Å². The van der Waals surface area contributed by atoms with E-state index in [2.05, 4.69) is 0 Å². The average molecular weight is 284 g/mol. The maximum Gasteiger partial charge on any atom is 0.371 e. The summed E-state index contributed by atoms with van der Waals surface area (Å²) in [6.45, 7) is 5.75. The molecule has 0 amide bonds. The summed E-state index contributed by atoms with van der Waals surface area (Å²) < 4.78 is 5.47. The number of furan rings is 1. The molecule has 21 heavy (non-hydrogen) atoms. The second-order valence-corrected chi connectivity index (χ2v) is 5.41. The Morgan fingerprint density at radius 2 is 2.10 bits per heavy atom. The van der Waals surface area contributed by atoms with Crippen LogP contribution in [0.5, 0.6) is 0 Å². The van der Waals surface area contributed by atoms with Gasteiger partial charge in [-0.15, -0.1) is 0 Å². The topological polar surface area (TPSA) is 67.5 Å². The summed E-state index contributed by atoms with van der Waals surface area (Å²) in [4.78, 5) is 23.7. The molecule has 1 aromatic carbocycles. The van der Waals surface area contributed by atoms with Crippen LogP contribution in [0.3, 0.4) is 0 Å². The van der Waals surface area contributed by atoms with Gasteiger partial charge in [-0.2, -0.15) is 0 Å². The zero-order valence-electron chi connectivity index (χ0n) is 12.2. The first kappa shape index (κ1) is 13.6. The lowest BCUT2D eigenvalue weighted by Crippen LogP contribution is -2.00. The molecule has 108 valence electrons. The number of carboxylic acids is 1. The molecule has 0 unspecified atom stereocenters. The van der Waals surface area contributed by atoms with Gasteiger partial charge >= 0.3 is 5.97 Å². The van der Waals surface area contributed by atoms with Crippen molar-refractivity contribution >= 4 is 22.7 Å². The molecule has 0 radical (unpaired) electrons. The maximum atomic E-state index is 12.5. The Kier molecular flexibility index (Phi) is 2.97. The number of carbonyl (C=O) groups excluding carboxylic acids is 1. The molecule has 0 aliphatic heterocycles. The first-order chi connectivity index (χ1) is 9.95. The molecule has 4 nitrogen and oxygen atoms in total. The molecule has 1 aromatic heterocycles. The van der Waals surface area contributed by atoms with Crippen molar-refractivity contribution in [3.05, 3.63) is 45.7 Å². The lowest BCUT2D eigenvalue weighted by atomic mass is 9.95. The van der Waals surface area contributed by atoms with Crippen LogP contribution in [-0.4, -0.2) is 16.9 Å². The number of benzene rings is 1. The molecule has 0 atom stereocenters. The molecule has 4 heteroatoms. The van der Waals surface area contributed by atoms with Gasteiger partial charge in [0.25, 0.3) is 0 Å². The number of fused-ring (bicyclic) bond motifs is 3. The third kappa shape index (κ3) is 1.82. The number of hydrogen-bond donors (Lipinski definition) is 1. The van der Waals surface area contributed by atoms with Crippen molar-refractivity contribution in [2.24, 2.45) is 0 Å². The smallest absolute Gasteiger partial charge is 0.371 e. The maximum absolute atomic E-state index is 12.5. The van der Waals surface area contributed by atoms with E-state index in [1.54, 1.807) is 0 Å². The van der Waals surface area contributed by atoms with Gasteiger partial charge in [-0.05, 0) is 43.0 Å². The van der Waals surface area contributed by atoms with Crippen molar-refractivity contribution in [2.45, 2.75) is 33.6 Å². The van der Waals surface area contributed by atoms with E-state index in [4.69, 9.17) is 9.52 Å². The lowest BCUT2D eigenvalue weighted by Gasteiger charge is -2.07. The summed E-state index contributed by atoms with van der Waals surface area (Å²) in [5.74, 6) is -1.11. The van der Waals surface area contributed by atoms with E-state index in [0.29, 0.717) is 12.0 Å². The number of ketones is 1. The Morgan fingerprint density at radius 1 is 1.38 bits per heavy atom. The van der Waals surface area contributed by atoms with E-state index in [9.17, 15) is 9.59 Å². The fourth-order valence-corrected chi connectivity index (χ4v) is 3.05. The Hall–Kier alpha value is -2.36. The zero-order chi connectivity index (χ0) is 15.3. The molecule has 1 N–H and O–H groups in total. The van der Waals surface area contributed by atoms with E-state index in [-0.39, 0.29) is 11.5 Å². The van der Waals surface area contributed by atoms with Crippen LogP contribution in [0.25, 0.3) is 11.0 Å². The van der Waals surface area contributed by atoms with Crippen molar-refractivity contribution in [1.29, 1.82) is 0 Å². The Bertz CT molecular complexity index is 821. The third-order valence-electron chi connectivity index (χ3n) is 4.18. The van der Waals surface area contributed by atoms with Crippen LogP contribution in [0.15, 0.2) is 22.1 Å². The van der Waals surface area contributed by atoms with Gasteiger partial charge in [-0.3, -0.25) is 4.79 Å². The van der Waals surface area contributed by atoms with Crippen LogP contribution in [0.2, 0.25) is 0 Å². The van der Waals surface area contributed by atoms with Gasteiger partial charge in [0.2, 0.25) is 5.76 Å². The molecule has 0 spiro atoms. The lowest BCUT2D eigenvalue weighted by molar-refractivity contribution is 0.0664. The normalized spacial score (nSPS) is 16.0. The van der Waals surface area contributed by atoms with E-state index < -0.39 is 5.97 Å². The molecule has 1 aliphatic carbocycles. The fourth-order valence-electron chi connectivity index (χ4n) is 3.05. The quantitative estimate of drug-likeness (QED) is 0.851. The van der Waals surface area contributed by atoms with Gasteiger partial charge in [-0.25, -0.2) is 4.79 Å². The van der Waals surface area contributed by atoms with E-state index >= 15 is 0 Å². The van der Waals surface area contributed by atoms with Crippen molar-refractivity contribution in [2.75, 3.05) is 0 Å². The van der Waals surface area contributed by atoms with E-state index in [1.165, 1.54) is 6.07 Å². The van der Waals surface area contributed by atoms with Crippen molar-refractivity contribution < 1.29 is 19.1 Å². The summed E-state index contributed by atoms with van der Waals surface area (Å²) in [7, 11) is 0. The molecule has 2 aromatic rings. The second kappa shape index (κ2) is 4.58. The zero-order valence-corrected chi connectivity index (χ0v) is 12.2. The number of aromatic carboxylic acids is 1. The van der Waals surface area contributed by atoms with Gasteiger partial charge in [0.15, 0.2) is 5.78 Å². The average Bonchev–Trinajstić information content (AvgIpc) is 3.00. The Balaban J connectivity index is 2.36. The summed E-state index contributed by atoms with van der Waals surface area (Å²) in [6, 6.07) is 1.53. The van der Waals surface area contributed by atoms with Crippen LogP contribution in [0.1, 0.15) is 50.9 Å². The highest BCUT2D eigenvalue weighted by atomic mass is 16.4. The van der Waals surface area contributed by atoms with Crippen LogP contribution in [0, 0.1) is 13.8 Å². The minimum absolute atomic E-state index is 0.0624. The molecular formula is C17H16O4. The highest BCUT2D eigenvalue weighted by Crippen LogP contribution is 2.39. The fraction of sp³-hybridized carbons (Fsp3) is 0.294. The van der Waals surface area contributed by atoms with E-state index in [1.807, 2.05) is 26.8 Å². The highest BCUT2D eigenvalue weighted by molar-refractivity contribution is 6.17. The minimum Gasteiger partial charge on any atom is -0.475 e. The Morgan fingerprint density at radius 3 is 2.71 bits per heavy atom. The van der Waals surface area contributed by atoms with Crippen LogP contribution < -0.4 is 0 Å². The van der Waals surface area contributed by atoms with Crippen LogP contribution in [0.4, 0.5) is 0 Å². The van der Waals surface area contributed by atoms with Gasteiger partial charge in [0.05, 0.1) is 0 Å². The molecule has 1 heterocycles. The number of allylic oxidation sites excluding steroid dienone is 2. The summed E-state index contributed by atoms with van der Waals surface area (Å²) in [6.07, 6.45) is 3.31. The molecule has 0 saturated carbocycles. The number of carboxylic acid groups (broad SMARTS) is 1. The number of aryl methyl sites for hydroxylation is 1. The number of Topliss-reactive ketones (excluding diaryl/α,β-unsaturated/α-hetero) is 1. The molecule has 0 fully saturated rings. The monoisotopic (exact) mass is 284 g/mol. The van der Waals surface area contributed by atoms with Crippen molar-refractivity contribution in [3.8, 4) is 0 Å². The number of carbonyl (C=O) groups is 2. The van der Waals surface area contributed by atoms with Crippen molar-refractivity contribution in [1.82, 2.24) is 0 Å². The van der Waals surface area contributed by atoms with Gasteiger partial charge in [0.1, 0.15) is 5.58 Å². The Labute approximate surface area is 122 Å². The summed E-state index contributed by atoms with van der Waals surface area (Å²) >= 11 is 0. The standard InChI is InChI=1S/C17H16O4/c1-4-5-10-6-11-12-7-13(17(19)20)21-16(12)9(3)8(2)14(11)15(10)18/h5,7H,4,6H2,1-3H3,(H,19,20)/b10-5+. The van der Waals surface area contributed by atoms with Gasteiger partial charge < -0.3 is 9.52 Å². The first-order valence-electron chi connectivity index (χ1n) is 6.98. The molecule has 3 rings (SSSR count). The first-order valence-corrected chi connectivity index (χ1v) is 6.98. The second-order valence-electron chi connectivity index (χ2n) is 5.41. The van der Waals surface area contributed by atoms with Gasteiger partial charge in [0, 0.05) is 22.9 Å². The molecule has 0 bridgehead atoms. The number of hydrogen-bond acceptors (Lipinski definition) is 3. The molecular weight excluding hydrogens is 268 g/mol. The summed E-state index contributed by atoms with van der Waals surface area (Å²) in [5, 5.41) is 9.86.